The molecule has 3 fully saturated rings. The highest BCUT2D eigenvalue weighted by atomic mass is 16.5. The molecule has 4 rings (SSSR count). The van der Waals surface area contributed by atoms with Gasteiger partial charge in [0.1, 0.15) is 0 Å². The predicted molar refractivity (Wildman–Crippen MR) is 90.2 cm³/mol. The molecule has 6 nitrogen and oxygen atoms in total. The average Bonchev–Trinajstić information content (AvgIpc) is 3.20. The summed E-state index contributed by atoms with van der Waals surface area (Å²) in [5.74, 6) is 1.15. The van der Waals surface area contributed by atoms with Crippen LogP contribution in [0.4, 0.5) is 0 Å². The Morgan fingerprint density at radius 3 is 2.92 bits per heavy atom. The van der Waals surface area contributed by atoms with E-state index >= 15 is 0 Å². The van der Waals surface area contributed by atoms with Gasteiger partial charge >= 0.3 is 0 Å². The Bertz CT molecular complexity index is 641. The summed E-state index contributed by atoms with van der Waals surface area (Å²) in [5.41, 5.74) is 1.31. The Hall–Kier alpha value is -1.40. The van der Waals surface area contributed by atoms with Gasteiger partial charge in [-0.25, -0.2) is 0 Å². The van der Waals surface area contributed by atoms with Gasteiger partial charge in [-0.3, -0.25) is 9.48 Å². The summed E-state index contributed by atoms with van der Waals surface area (Å²) in [6.07, 6.45) is 6.08. The smallest absolute Gasteiger partial charge is 0.223 e. The molecule has 0 bridgehead atoms. The number of rotatable bonds is 4. The van der Waals surface area contributed by atoms with Crippen molar-refractivity contribution < 1.29 is 9.53 Å². The molecule has 1 aliphatic carbocycles. The maximum absolute atomic E-state index is 12.3. The zero-order valence-electron chi connectivity index (χ0n) is 15.0. The number of fused-ring (bicyclic) bond motifs is 1. The number of hydrogen-bond acceptors (Lipinski definition) is 4. The van der Waals surface area contributed by atoms with Gasteiger partial charge in [0.05, 0.1) is 18.3 Å². The van der Waals surface area contributed by atoms with Crippen LogP contribution in [0.25, 0.3) is 0 Å². The second-order valence-corrected chi connectivity index (χ2v) is 8.31. The first-order valence-electron chi connectivity index (χ1n) is 8.99. The van der Waals surface area contributed by atoms with Gasteiger partial charge in [-0.15, -0.1) is 0 Å². The molecule has 5 atom stereocenters. The van der Waals surface area contributed by atoms with Crippen molar-refractivity contribution in [3.63, 3.8) is 0 Å². The molecule has 0 aromatic carbocycles. The van der Waals surface area contributed by atoms with Gasteiger partial charge in [-0.05, 0) is 6.42 Å². The lowest BCUT2D eigenvalue weighted by atomic mass is 9.57. The second kappa shape index (κ2) is 5.56. The van der Waals surface area contributed by atoms with E-state index in [-0.39, 0.29) is 17.4 Å². The Kier molecular flexibility index (Phi) is 3.73. The van der Waals surface area contributed by atoms with Crippen LogP contribution in [-0.2, 0) is 16.6 Å². The fraction of sp³-hybridized carbons (Fsp3) is 0.778. The number of ether oxygens (including phenoxy) is 1. The van der Waals surface area contributed by atoms with E-state index in [1.807, 2.05) is 36.1 Å². The average molecular weight is 332 g/mol. The lowest BCUT2D eigenvalue weighted by Crippen LogP contribution is -2.66. The van der Waals surface area contributed by atoms with E-state index in [9.17, 15) is 4.79 Å². The van der Waals surface area contributed by atoms with E-state index in [2.05, 4.69) is 24.3 Å². The fourth-order valence-electron chi connectivity index (χ4n) is 5.24. The fourth-order valence-corrected chi connectivity index (χ4v) is 5.24. The van der Waals surface area contributed by atoms with Crippen molar-refractivity contribution in [2.45, 2.75) is 44.9 Å². The monoisotopic (exact) mass is 332 g/mol. The minimum atomic E-state index is 0.123. The van der Waals surface area contributed by atoms with Crippen LogP contribution in [0.2, 0.25) is 0 Å². The number of amides is 1. The summed E-state index contributed by atoms with van der Waals surface area (Å²) < 4.78 is 7.69. The van der Waals surface area contributed by atoms with Crippen molar-refractivity contribution >= 4 is 5.91 Å². The molecule has 1 N–H and O–H groups in total. The molecule has 1 aromatic rings. The minimum absolute atomic E-state index is 0.123. The van der Waals surface area contributed by atoms with Crippen LogP contribution in [0.3, 0.4) is 0 Å². The number of likely N-dealkylation sites (tertiary alicyclic amines) is 1. The number of hydrogen-bond donors (Lipinski definition) is 1. The summed E-state index contributed by atoms with van der Waals surface area (Å²) in [5, 5.41) is 8.07. The Labute approximate surface area is 143 Å². The molecular weight excluding hydrogens is 304 g/mol. The Morgan fingerprint density at radius 2 is 2.21 bits per heavy atom. The highest BCUT2D eigenvalue weighted by Gasteiger charge is 2.59. The molecule has 3 heterocycles. The van der Waals surface area contributed by atoms with Crippen molar-refractivity contribution in [3.8, 4) is 0 Å². The van der Waals surface area contributed by atoms with Crippen LogP contribution in [0.1, 0.15) is 38.3 Å². The van der Waals surface area contributed by atoms with Crippen LogP contribution >= 0.6 is 0 Å². The van der Waals surface area contributed by atoms with Gasteiger partial charge in [0, 0.05) is 68.7 Å². The third kappa shape index (κ3) is 2.30. The molecule has 0 spiro atoms. The van der Waals surface area contributed by atoms with Gasteiger partial charge in [-0.1, -0.05) is 13.8 Å². The van der Waals surface area contributed by atoms with Gasteiger partial charge in [0.2, 0.25) is 5.91 Å². The van der Waals surface area contributed by atoms with Crippen LogP contribution in [0.15, 0.2) is 12.4 Å². The summed E-state index contributed by atoms with van der Waals surface area (Å²) >= 11 is 0. The lowest BCUT2D eigenvalue weighted by Gasteiger charge is -2.55. The molecule has 132 valence electrons. The number of carbonyl (C=O) groups excluding carboxylic acids is 1. The summed E-state index contributed by atoms with van der Waals surface area (Å²) in [7, 11) is 3.83. The highest BCUT2D eigenvalue weighted by molar-refractivity contribution is 5.79. The third-order valence-corrected chi connectivity index (χ3v) is 6.46. The molecule has 6 heteroatoms. The number of aromatic nitrogens is 2. The molecular formula is C18H28N4O2. The van der Waals surface area contributed by atoms with Crippen LogP contribution in [-0.4, -0.2) is 52.9 Å². The highest BCUT2D eigenvalue weighted by Crippen LogP contribution is 2.52. The molecule has 0 radical (unpaired) electrons. The van der Waals surface area contributed by atoms with E-state index in [0.29, 0.717) is 30.4 Å². The largest absolute Gasteiger partial charge is 0.377 e. The molecule has 3 aliphatic rings. The predicted octanol–water partition coefficient (Wildman–Crippen LogP) is 1.34. The van der Waals surface area contributed by atoms with Crippen LogP contribution in [0, 0.1) is 17.3 Å². The summed E-state index contributed by atoms with van der Waals surface area (Å²) in [6, 6.07) is 0.609. The van der Waals surface area contributed by atoms with Crippen molar-refractivity contribution in [2.24, 2.45) is 24.3 Å². The van der Waals surface area contributed by atoms with E-state index in [1.165, 1.54) is 0 Å². The summed E-state index contributed by atoms with van der Waals surface area (Å²) in [6.45, 7) is 6.34. The zero-order chi connectivity index (χ0) is 17.1. The van der Waals surface area contributed by atoms with E-state index in [4.69, 9.17) is 4.74 Å². The number of aryl methyl sites for hydroxylation is 1. The van der Waals surface area contributed by atoms with Gasteiger partial charge in [0.15, 0.2) is 0 Å². The van der Waals surface area contributed by atoms with Crippen molar-refractivity contribution in [2.75, 3.05) is 20.2 Å². The number of nitrogens with zero attached hydrogens (tertiary/aromatic N) is 3. The first-order valence-corrected chi connectivity index (χ1v) is 8.99. The second-order valence-electron chi connectivity index (χ2n) is 8.31. The number of carbonyl (C=O) groups is 1. The van der Waals surface area contributed by atoms with Crippen molar-refractivity contribution in [1.82, 2.24) is 20.0 Å². The van der Waals surface area contributed by atoms with E-state index < -0.39 is 0 Å². The zero-order valence-corrected chi connectivity index (χ0v) is 15.0. The SMILES string of the molecule is CN1C(=O)C[C@@H](CN[C@@H]2[C@@H]3CCO[C@H]3C2(C)C)[C@@H]1c1cnn(C)c1. The van der Waals surface area contributed by atoms with Crippen LogP contribution in [0.5, 0.6) is 0 Å². The quantitative estimate of drug-likeness (QED) is 0.904. The standard InChI is InChI=1S/C18H28N4O2/c1-18(2)16(13-5-6-24-17(13)18)19-8-11-7-14(23)22(4)15(11)12-9-20-21(3)10-12/h9-11,13,15-17,19H,5-8H2,1-4H3/t11-,13-,15+,16+,17+/m0/s1. The Balaban J connectivity index is 1.46. The molecule has 0 unspecified atom stereocenters. The molecule has 1 aromatic heterocycles. The van der Waals surface area contributed by atoms with Crippen molar-refractivity contribution in [1.29, 1.82) is 0 Å². The molecule has 2 saturated heterocycles. The van der Waals surface area contributed by atoms with Crippen molar-refractivity contribution in [3.05, 3.63) is 18.0 Å². The van der Waals surface area contributed by atoms with Crippen LogP contribution < -0.4 is 5.32 Å². The first kappa shape index (κ1) is 16.1. The van der Waals surface area contributed by atoms with Gasteiger partial charge in [-0.2, -0.15) is 5.10 Å². The Morgan fingerprint density at radius 1 is 1.42 bits per heavy atom. The van der Waals surface area contributed by atoms with E-state index in [0.717, 1.165) is 25.1 Å². The van der Waals surface area contributed by atoms with E-state index in [1.54, 1.807) is 0 Å². The summed E-state index contributed by atoms with van der Waals surface area (Å²) in [4.78, 5) is 14.1. The molecule has 24 heavy (non-hydrogen) atoms. The lowest BCUT2D eigenvalue weighted by molar-refractivity contribution is -0.127. The normalized spacial score (nSPS) is 37.6. The maximum Gasteiger partial charge on any atom is 0.223 e. The maximum atomic E-state index is 12.3. The first-order chi connectivity index (χ1) is 11.4. The molecule has 1 saturated carbocycles. The minimum Gasteiger partial charge on any atom is -0.377 e. The molecule has 2 aliphatic heterocycles. The topological polar surface area (TPSA) is 59.4 Å². The molecule has 1 amide bonds. The van der Waals surface area contributed by atoms with Gasteiger partial charge in [0.25, 0.3) is 0 Å². The third-order valence-electron chi connectivity index (χ3n) is 6.46. The number of nitrogens with one attached hydrogen (secondary N) is 1. The van der Waals surface area contributed by atoms with Gasteiger partial charge < -0.3 is 15.0 Å².